The smallest absolute Gasteiger partial charge is 0.400 e. The molecule has 1 aromatic carbocycles. The van der Waals surface area contributed by atoms with Crippen molar-refractivity contribution in [3.63, 3.8) is 0 Å². The molecule has 2 rings (SSSR count). The number of hydrogen-bond donors (Lipinski definition) is 3. The quantitative estimate of drug-likeness (QED) is 0.736. The van der Waals surface area contributed by atoms with Gasteiger partial charge < -0.3 is 15.9 Å². The Hall–Kier alpha value is -2.45. The Morgan fingerprint density at radius 3 is 2.40 bits per heavy atom. The zero-order chi connectivity index (χ0) is 19.0. The van der Waals surface area contributed by atoms with E-state index in [0.717, 1.165) is 19.2 Å². The first kappa shape index (κ1) is 20.6. The molecule has 0 amide bonds. The number of nitrogen functional groups attached to an aromatic ring is 1. The average molecular weight is 355 g/mol. The Balaban J connectivity index is 0.00000151. The summed E-state index contributed by atoms with van der Waals surface area (Å²) in [6.45, 7) is 1.80. The molecule has 1 aromatic heterocycles. The van der Waals surface area contributed by atoms with Gasteiger partial charge in [-0.1, -0.05) is 6.07 Å². The third kappa shape index (κ3) is 5.54. The molecule has 0 radical (unpaired) electrons. The molecule has 0 aliphatic carbocycles. The fourth-order valence-electron chi connectivity index (χ4n) is 2.09. The first-order chi connectivity index (χ1) is 11.8. The maximum Gasteiger partial charge on any atom is 0.416 e. The van der Waals surface area contributed by atoms with Crippen molar-refractivity contribution >= 4 is 12.0 Å². The predicted octanol–water partition coefficient (Wildman–Crippen LogP) is 2.68. The lowest BCUT2D eigenvalue weighted by molar-refractivity contribution is -0.137. The van der Waals surface area contributed by atoms with Crippen LogP contribution >= 0.6 is 0 Å². The van der Waals surface area contributed by atoms with Crippen molar-refractivity contribution in [3.8, 4) is 11.3 Å². The molecule has 1 heterocycles. The molecule has 0 saturated carbocycles. The largest absolute Gasteiger partial charge is 0.416 e. The van der Waals surface area contributed by atoms with Crippen LogP contribution in [-0.2, 0) is 6.18 Å². The maximum atomic E-state index is 12.7. The summed E-state index contributed by atoms with van der Waals surface area (Å²) in [6.07, 6.45) is -2.87. The molecule has 0 aliphatic heterocycles. The average Bonchev–Trinajstić information content (AvgIpc) is 2.57. The van der Waals surface area contributed by atoms with Crippen LogP contribution in [-0.4, -0.2) is 41.7 Å². The third-order valence-corrected chi connectivity index (χ3v) is 3.25. The molecule has 25 heavy (non-hydrogen) atoms. The van der Waals surface area contributed by atoms with Crippen LogP contribution in [0.4, 0.5) is 19.0 Å². The van der Waals surface area contributed by atoms with Crippen LogP contribution in [0.25, 0.3) is 11.3 Å². The highest BCUT2D eigenvalue weighted by Gasteiger charge is 2.30. The number of pyridine rings is 1. The first-order valence-electron chi connectivity index (χ1n) is 7.33. The van der Waals surface area contributed by atoms with Gasteiger partial charge in [0.25, 0.3) is 0 Å². The molecule has 0 aliphatic rings. The van der Waals surface area contributed by atoms with E-state index in [-0.39, 0.29) is 19.0 Å². The molecule has 4 N–H and O–H groups in total. The Bertz CT molecular complexity index is 732. The lowest BCUT2D eigenvalue weighted by Crippen LogP contribution is -2.05. The fourth-order valence-corrected chi connectivity index (χ4v) is 2.09. The predicted molar refractivity (Wildman–Crippen MR) is 91.5 cm³/mol. The maximum absolute atomic E-state index is 12.7. The van der Waals surface area contributed by atoms with E-state index in [1.165, 1.54) is 12.3 Å². The topological polar surface area (TPSA) is 91.7 Å². The first-order valence-corrected chi connectivity index (χ1v) is 7.33. The molecule has 0 unspecified atom stereocenters. The lowest BCUT2D eigenvalue weighted by atomic mass is 10.0. The number of anilines is 1. The highest BCUT2D eigenvalue weighted by molar-refractivity contribution is 5.86. The van der Waals surface area contributed by atoms with E-state index in [9.17, 15) is 13.2 Å². The van der Waals surface area contributed by atoms with Gasteiger partial charge >= 0.3 is 6.18 Å². The van der Waals surface area contributed by atoms with Gasteiger partial charge in [-0.2, -0.15) is 13.2 Å². The van der Waals surface area contributed by atoms with Gasteiger partial charge in [0.2, 0.25) is 0 Å². The van der Waals surface area contributed by atoms with E-state index in [1.807, 2.05) is 0 Å². The summed E-state index contributed by atoms with van der Waals surface area (Å²) in [5.41, 5.74) is 7.29. The van der Waals surface area contributed by atoms with Crippen molar-refractivity contribution in [3.05, 3.63) is 47.0 Å². The minimum absolute atomic E-state index is 0.0628. The van der Waals surface area contributed by atoms with Crippen LogP contribution < -0.4 is 5.73 Å². The lowest BCUT2D eigenvalue weighted by Gasteiger charge is -2.11. The number of aliphatic hydroxyl groups excluding tert-OH is 2. The minimum atomic E-state index is -4.37. The summed E-state index contributed by atoms with van der Waals surface area (Å²) in [7, 11) is 1.00. The van der Waals surface area contributed by atoms with Gasteiger partial charge in [0, 0.05) is 24.5 Å². The summed E-state index contributed by atoms with van der Waals surface area (Å²) in [4.78, 5) is 8.18. The molecule has 0 atom stereocenters. The second-order valence-corrected chi connectivity index (χ2v) is 4.96. The second kappa shape index (κ2) is 9.14. The van der Waals surface area contributed by atoms with Crippen LogP contribution in [0.1, 0.15) is 16.7 Å². The number of aryl methyl sites for hydroxylation is 1. The van der Waals surface area contributed by atoms with E-state index >= 15 is 0 Å². The summed E-state index contributed by atoms with van der Waals surface area (Å²) in [5, 5.41) is 15.7. The van der Waals surface area contributed by atoms with Crippen LogP contribution in [0, 0.1) is 6.92 Å². The van der Waals surface area contributed by atoms with Crippen LogP contribution in [0.5, 0.6) is 0 Å². The number of hydrogen-bond acceptors (Lipinski definition) is 5. The molecule has 0 bridgehead atoms. The normalized spacial score (nSPS) is 11.3. The van der Waals surface area contributed by atoms with Crippen molar-refractivity contribution in [1.29, 1.82) is 0 Å². The summed E-state index contributed by atoms with van der Waals surface area (Å²) < 4.78 is 38.1. The molecule has 8 heteroatoms. The zero-order valence-electron chi connectivity index (χ0n) is 13.9. The molecular weight excluding hydrogens is 335 g/mol. The monoisotopic (exact) mass is 355 g/mol. The molecule has 0 spiro atoms. The Labute approximate surface area is 143 Å². The van der Waals surface area contributed by atoms with Gasteiger partial charge in [-0.05, 0) is 36.8 Å². The molecule has 5 nitrogen and oxygen atoms in total. The number of halogens is 3. The number of nitrogens with two attached hydrogens (primary N) is 1. The van der Waals surface area contributed by atoms with Gasteiger partial charge in [-0.25, -0.2) is 4.98 Å². The van der Waals surface area contributed by atoms with Crippen molar-refractivity contribution in [2.75, 3.05) is 26.0 Å². The van der Waals surface area contributed by atoms with E-state index in [0.29, 0.717) is 22.4 Å². The third-order valence-electron chi connectivity index (χ3n) is 3.25. The van der Waals surface area contributed by atoms with E-state index < -0.39 is 11.7 Å². The van der Waals surface area contributed by atoms with Crippen molar-refractivity contribution in [1.82, 2.24) is 4.98 Å². The summed E-state index contributed by atoms with van der Waals surface area (Å²) >= 11 is 0. The molecule has 2 aromatic rings. The van der Waals surface area contributed by atoms with Crippen LogP contribution in [0.15, 0.2) is 35.3 Å². The SMILES string of the molecule is CO.Cc1cc(C(F)(F)F)ccc1-c1ccc(C=NCCO)c(N)n1. The fraction of sp³-hybridized carbons (Fsp3) is 0.294. The van der Waals surface area contributed by atoms with E-state index in [4.69, 9.17) is 15.9 Å². The standard InChI is InChI=1S/C16H16F3N3O.CH4O/c1-10-8-12(16(17,18)19)3-4-13(10)14-5-2-11(15(20)22-14)9-21-6-7-23;1-2/h2-5,8-9,23H,6-7H2,1H3,(H2,20,22);2H,1H3. The Kier molecular flexibility index (Phi) is 7.53. The van der Waals surface area contributed by atoms with Crippen molar-refractivity contribution in [2.24, 2.45) is 4.99 Å². The second-order valence-electron chi connectivity index (χ2n) is 4.96. The van der Waals surface area contributed by atoms with Crippen molar-refractivity contribution < 1.29 is 23.4 Å². The molecule has 136 valence electrons. The Morgan fingerprint density at radius 1 is 1.20 bits per heavy atom. The van der Waals surface area contributed by atoms with Crippen LogP contribution in [0.2, 0.25) is 0 Å². The summed E-state index contributed by atoms with van der Waals surface area (Å²) in [5.74, 6) is 0.225. The number of aromatic nitrogens is 1. The van der Waals surface area contributed by atoms with Gasteiger partial charge in [0.15, 0.2) is 0 Å². The summed E-state index contributed by atoms with van der Waals surface area (Å²) in [6, 6.07) is 6.86. The van der Waals surface area contributed by atoms with Gasteiger partial charge in [0.05, 0.1) is 24.4 Å². The number of aliphatic hydroxyl groups is 2. The number of rotatable bonds is 4. The molecule has 0 saturated heterocycles. The van der Waals surface area contributed by atoms with Crippen LogP contribution in [0.3, 0.4) is 0 Å². The van der Waals surface area contributed by atoms with E-state index in [1.54, 1.807) is 19.1 Å². The Morgan fingerprint density at radius 2 is 1.88 bits per heavy atom. The number of alkyl halides is 3. The highest BCUT2D eigenvalue weighted by atomic mass is 19.4. The van der Waals surface area contributed by atoms with Crippen molar-refractivity contribution in [2.45, 2.75) is 13.1 Å². The number of benzene rings is 1. The zero-order valence-corrected chi connectivity index (χ0v) is 13.9. The number of nitrogens with zero attached hydrogens (tertiary/aromatic N) is 2. The van der Waals surface area contributed by atoms with Gasteiger partial charge in [-0.3, -0.25) is 4.99 Å². The molecular formula is C17H20F3N3O2. The van der Waals surface area contributed by atoms with E-state index in [2.05, 4.69) is 9.98 Å². The van der Waals surface area contributed by atoms with Gasteiger partial charge in [0.1, 0.15) is 5.82 Å². The van der Waals surface area contributed by atoms with Gasteiger partial charge in [-0.15, -0.1) is 0 Å². The minimum Gasteiger partial charge on any atom is -0.400 e. The number of aliphatic imine (C=N–C) groups is 1. The molecule has 0 fully saturated rings. The highest BCUT2D eigenvalue weighted by Crippen LogP contribution is 2.32.